The summed E-state index contributed by atoms with van der Waals surface area (Å²) in [5.74, 6) is 0. The first-order valence-corrected chi connectivity index (χ1v) is 3.29. The van der Waals surface area contributed by atoms with Crippen LogP contribution >= 0.6 is 0 Å². The lowest BCUT2D eigenvalue weighted by Gasteiger charge is -1.80. The predicted molar refractivity (Wildman–Crippen MR) is 41.5 cm³/mol. The number of hydrogen-bond donors (Lipinski definition) is 0. The maximum atomic E-state index is 11.2. The van der Waals surface area contributed by atoms with Crippen molar-refractivity contribution < 1.29 is 0 Å². The summed E-state index contributed by atoms with van der Waals surface area (Å²) < 4.78 is 1.55. The fourth-order valence-electron chi connectivity index (χ4n) is 1.01. The second kappa shape index (κ2) is 2.20. The molecule has 0 unspecified atom stereocenters. The minimum atomic E-state index is -0.0532. The van der Waals surface area contributed by atoms with Crippen LogP contribution in [0.15, 0.2) is 41.6 Å². The van der Waals surface area contributed by atoms with Gasteiger partial charge in [0.15, 0.2) is 0 Å². The fourth-order valence-corrected chi connectivity index (χ4v) is 1.01. The zero-order chi connectivity index (χ0) is 7.68. The molecular weight excluding hydrogens is 140 g/mol. The van der Waals surface area contributed by atoms with Gasteiger partial charge in [-0.05, 0) is 12.1 Å². The van der Waals surface area contributed by atoms with Crippen LogP contribution in [-0.2, 0) is 0 Å². The number of hydrogen-bond acceptors (Lipinski definition) is 2. The Morgan fingerprint density at radius 3 is 3.18 bits per heavy atom. The molecule has 11 heavy (non-hydrogen) atoms. The summed E-state index contributed by atoms with van der Waals surface area (Å²) in [6, 6.07) is 5.10. The van der Waals surface area contributed by atoms with Crippen molar-refractivity contribution in [2.75, 3.05) is 0 Å². The molecule has 0 aliphatic rings. The van der Waals surface area contributed by atoms with E-state index in [1.54, 1.807) is 16.8 Å². The van der Waals surface area contributed by atoms with Crippen molar-refractivity contribution in [2.24, 2.45) is 0 Å². The van der Waals surface area contributed by atoms with Gasteiger partial charge in [-0.3, -0.25) is 14.2 Å². The zero-order valence-corrected chi connectivity index (χ0v) is 5.77. The lowest BCUT2D eigenvalue weighted by molar-refractivity contribution is 1.14. The summed E-state index contributed by atoms with van der Waals surface area (Å²) in [6.45, 7) is 0. The molecule has 0 atom stereocenters. The average molecular weight is 146 g/mol. The van der Waals surface area contributed by atoms with Crippen molar-refractivity contribution >= 4 is 5.52 Å². The minimum Gasteiger partial charge on any atom is -0.283 e. The van der Waals surface area contributed by atoms with E-state index >= 15 is 0 Å². The van der Waals surface area contributed by atoms with Crippen LogP contribution in [-0.4, -0.2) is 9.38 Å². The lowest BCUT2D eigenvalue weighted by atomic mass is 10.5. The molecule has 0 aliphatic carbocycles. The van der Waals surface area contributed by atoms with Crippen molar-refractivity contribution in [1.82, 2.24) is 9.38 Å². The van der Waals surface area contributed by atoms with E-state index in [1.807, 2.05) is 12.1 Å². The van der Waals surface area contributed by atoms with Crippen molar-refractivity contribution in [2.45, 2.75) is 0 Å². The molecule has 54 valence electrons. The van der Waals surface area contributed by atoms with Crippen molar-refractivity contribution in [3.8, 4) is 0 Å². The number of nitrogens with zero attached hydrogens (tertiary/aromatic N) is 2. The fraction of sp³-hybridized carbons (Fsp3) is 0. The first kappa shape index (κ1) is 6.09. The molecule has 0 saturated heterocycles. The third kappa shape index (κ3) is 0.902. The topological polar surface area (TPSA) is 34.4 Å². The quantitative estimate of drug-likeness (QED) is 0.548. The Hall–Kier alpha value is -1.64. The van der Waals surface area contributed by atoms with E-state index in [-0.39, 0.29) is 5.56 Å². The van der Waals surface area contributed by atoms with Gasteiger partial charge in [-0.2, -0.15) is 0 Å². The highest BCUT2D eigenvalue weighted by molar-refractivity contribution is 5.43. The standard InChI is InChI=1S/C8H6N2O/c11-8-3-4-9-6-7-2-1-5-10(7)8/h1-6H. The van der Waals surface area contributed by atoms with Crippen molar-refractivity contribution in [3.05, 3.63) is 47.1 Å². The maximum Gasteiger partial charge on any atom is 0.256 e. The van der Waals surface area contributed by atoms with Gasteiger partial charge in [0.2, 0.25) is 0 Å². The summed E-state index contributed by atoms with van der Waals surface area (Å²) in [7, 11) is 0. The summed E-state index contributed by atoms with van der Waals surface area (Å²) in [6.07, 6.45) is 4.87. The highest BCUT2D eigenvalue weighted by atomic mass is 16.1. The molecule has 2 rings (SSSR count). The van der Waals surface area contributed by atoms with Gasteiger partial charge in [0, 0.05) is 18.5 Å². The molecule has 0 amide bonds. The Balaban J connectivity index is 3.09. The molecule has 0 saturated carbocycles. The summed E-state index contributed by atoms with van der Waals surface area (Å²) in [4.78, 5) is 15.1. The molecule has 2 aromatic heterocycles. The molecule has 0 spiro atoms. The Morgan fingerprint density at radius 2 is 2.27 bits per heavy atom. The molecule has 0 aliphatic heterocycles. The number of aromatic nitrogens is 2. The van der Waals surface area contributed by atoms with Gasteiger partial charge in [-0.25, -0.2) is 0 Å². The highest BCUT2D eigenvalue weighted by Gasteiger charge is 1.90. The molecule has 3 heteroatoms. The monoisotopic (exact) mass is 146 g/mol. The highest BCUT2D eigenvalue weighted by Crippen LogP contribution is 1.95. The minimum absolute atomic E-state index is 0.0532. The second-order valence-electron chi connectivity index (χ2n) is 2.24. The van der Waals surface area contributed by atoms with Crippen LogP contribution in [0.5, 0.6) is 0 Å². The molecule has 2 heterocycles. The Kier molecular flexibility index (Phi) is 1.22. The largest absolute Gasteiger partial charge is 0.283 e. The van der Waals surface area contributed by atoms with E-state index in [2.05, 4.69) is 4.98 Å². The van der Waals surface area contributed by atoms with Gasteiger partial charge in [-0.1, -0.05) is 0 Å². The molecule has 0 aromatic carbocycles. The molecule has 0 radical (unpaired) electrons. The first-order chi connectivity index (χ1) is 5.38. The van der Waals surface area contributed by atoms with E-state index in [1.165, 1.54) is 12.3 Å². The third-order valence-corrected chi connectivity index (χ3v) is 1.53. The van der Waals surface area contributed by atoms with Gasteiger partial charge in [-0.15, -0.1) is 0 Å². The maximum absolute atomic E-state index is 11.2. The molecule has 0 bridgehead atoms. The van der Waals surface area contributed by atoms with E-state index < -0.39 is 0 Å². The van der Waals surface area contributed by atoms with E-state index in [4.69, 9.17) is 0 Å². The molecular formula is C8H6N2O. The van der Waals surface area contributed by atoms with Crippen LogP contribution in [0.4, 0.5) is 0 Å². The third-order valence-electron chi connectivity index (χ3n) is 1.53. The van der Waals surface area contributed by atoms with Crippen LogP contribution in [0.1, 0.15) is 0 Å². The summed E-state index contributed by atoms with van der Waals surface area (Å²) >= 11 is 0. The predicted octanol–water partition coefficient (Wildman–Crippen LogP) is 0.694. The number of rotatable bonds is 0. The molecule has 2 aromatic rings. The van der Waals surface area contributed by atoms with Gasteiger partial charge in [0.1, 0.15) is 0 Å². The van der Waals surface area contributed by atoms with Crippen molar-refractivity contribution in [3.63, 3.8) is 0 Å². The van der Waals surface area contributed by atoms with E-state index in [0.717, 1.165) is 5.52 Å². The second-order valence-corrected chi connectivity index (χ2v) is 2.24. The lowest BCUT2D eigenvalue weighted by Crippen LogP contribution is -2.05. The Morgan fingerprint density at radius 1 is 1.36 bits per heavy atom. The number of fused-ring (bicyclic) bond motifs is 1. The van der Waals surface area contributed by atoms with Crippen LogP contribution in [0.25, 0.3) is 5.52 Å². The van der Waals surface area contributed by atoms with Gasteiger partial charge < -0.3 is 0 Å². The zero-order valence-electron chi connectivity index (χ0n) is 5.77. The van der Waals surface area contributed by atoms with Gasteiger partial charge in [0.05, 0.1) is 11.7 Å². The van der Waals surface area contributed by atoms with Gasteiger partial charge in [0.25, 0.3) is 5.56 Å². The average Bonchev–Trinajstić information content (AvgIpc) is 2.40. The van der Waals surface area contributed by atoms with Crippen LogP contribution < -0.4 is 5.56 Å². The normalized spacial score (nSPS) is 10.2. The van der Waals surface area contributed by atoms with Crippen LogP contribution in [0, 0.1) is 0 Å². The smallest absolute Gasteiger partial charge is 0.256 e. The van der Waals surface area contributed by atoms with Crippen LogP contribution in [0.2, 0.25) is 0 Å². The van der Waals surface area contributed by atoms with Gasteiger partial charge >= 0.3 is 0 Å². The Bertz CT molecular complexity index is 433. The first-order valence-electron chi connectivity index (χ1n) is 3.29. The summed E-state index contributed by atoms with van der Waals surface area (Å²) in [5, 5.41) is 0. The summed E-state index contributed by atoms with van der Waals surface area (Å²) in [5.41, 5.74) is 0.766. The van der Waals surface area contributed by atoms with Crippen molar-refractivity contribution in [1.29, 1.82) is 0 Å². The molecule has 0 N–H and O–H groups in total. The Labute approximate surface area is 62.9 Å². The van der Waals surface area contributed by atoms with E-state index in [0.29, 0.717) is 0 Å². The molecule has 3 nitrogen and oxygen atoms in total. The molecule has 0 fully saturated rings. The SMILES string of the molecule is O=c1ccncc2cccn12. The van der Waals surface area contributed by atoms with E-state index in [9.17, 15) is 4.79 Å². The van der Waals surface area contributed by atoms with Crippen LogP contribution in [0.3, 0.4) is 0 Å².